The molecule has 0 aliphatic carbocycles. The first kappa shape index (κ1) is 28.2. The van der Waals surface area contributed by atoms with Crippen molar-refractivity contribution in [1.82, 2.24) is 16.0 Å². The minimum Gasteiger partial charge on any atom is -0.480 e. The van der Waals surface area contributed by atoms with Crippen LogP contribution in [-0.4, -0.2) is 88.3 Å². The fourth-order valence-corrected chi connectivity index (χ4v) is 2.39. The number of carbonyl (C=O) groups is 5. The molecule has 0 radical (unpaired) electrons. The number of hydrogen-bond acceptors (Lipinski definition) is 9. The number of nitrogens with one attached hydrogen (secondary N) is 3. The van der Waals surface area contributed by atoms with Crippen molar-refractivity contribution in [2.45, 2.75) is 62.9 Å². The number of aliphatic hydroxyl groups excluding tert-OH is 2. The van der Waals surface area contributed by atoms with Crippen LogP contribution < -0.4 is 33.2 Å². The van der Waals surface area contributed by atoms with E-state index >= 15 is 0 Å². The molecule has 14 nitrogen and oxygen atoms in total. The van der Waals surface area contributed by atoms with E-state index in [0.717, 1.165) is 0 Å². The average Bonchev–Trinajstić information content (AvgIpc) is 2.69. The predicted octanol–water partition coefficient (Wildman–Crippen LogP) is -4.77. The van der Waals surface area contributed by atoms with Crippen molar-refractivity contribution < 1.29 is 39.3 Å². The third kappa shape index (κ3) is 10.7. The molecule has 0 aliphatic rings. The van der Waals surface area contributed by atoms with Gasteiger partial charge in [0.25, 0.3) is 0 Å². The zero-order valence-corrected chi connectivity index (χ0v) is 17.2. The molecule has 0 aromatic carbocycles. The molecule has 0 saturated heterocycles. The van der Waals surface area contributed by atoms with Crippen molar-refractivity contribution in [3.05, 3.63) is 0 Å². The maximum absolute atomic E-state index is 12.6. The summed E-state index contributed by atoms with van der Waals surface area (Å²) in [6.07, 6.45) is -0.766. The van der Waals surface area contributed by atoms with Crippen molar-refractivity contribution >= 4 is 29.6 Å². The average molecular weight is 448 g/mol. The number of carboxylic acid groups (broad SMARTS) is 1. The number of hydrogen-bond donors (Lipinski definition) is 9. The Morgan fingerprint density at radius 1 is 0.903 bits per heavy atom. The van der Waals surface area contributed by atoms with Crippen molar-refractivity contribution in [2.24, 2.45) is 17.2 Å². The molecule has 0 fully saturated rings. The second kappa shape index (κ2) is 14.2. The highest BCUT2D eigenvalue weighted by atomic mass is 16.4. The van der Waals surface area contributed by atoms with Gasteiger partial charge in [-0.25, -0.2) is 4.79 Å². The maximum atomic E-state index is 12.6. The topological polar surface area (TPSA) is 260 Å². The molecular formula is C17H32N6O8. The number of aliphatic hydroxyl groups is 2. The third-order valence-corrected chi connectivity index (χ3v) is 4.24. The van der Waals surface area contributed by atoms with Gasteiger partial charge in [-0.1, -0.05) is 0 Å². The number of carbonyl (C=O) groups excluding carboxylic acids is 4. The summed E-state index contributed by atoms with van der Waals surface area (Å²) in [5.41, 5.74) is 15.9. The van der Waals surface area contributed by atoms with E-state index in [-0.39, 0.29) is 6.42 Å². The molecule has 31 heavy (non-hydrogen) atoms. The summed E-state index contributed by atoms with van der Waals surface area (Å²) < 4.78 is 0. The number of nitrogens with two attached hydrogens (primary N) is 3. The first-order valence-corrected chi connectivity index (χ1v) is 9.61. The van der Waals surface area contributed by atoms with Gasteiger partial charge in [-0.15, -0.1) is 0 Å². The van der Waals surface area contributed by atoms with Gasteiger partial charge < -0.3 is 48.5 Å². The summed E-state index contributed by atoms with van der Waals surface area (Å²) in [7, 11) is 0. The monoisotopic (exact) mass is 448 g/mol. The van der Waals surface area contributed by atoms with Crippen molar-refractivity contribution in [1.29, 1.82) is 0 Å². The molecule has 12 N–H and O–H groups in total. The van der Waals surface area contributed by atoms with Crippen LogP contribution in [0.2, 0.25) is 0 Å². The van der Waals surface area contributed by atoms with Gasteiger partial charge in [0, 0.05) is 0 Å². The first-order valence-electron chi connectivity index (χ1n) is 9.61. The summed E-state index contributed by atoms with van der Waals surface area (Å²) >= 11 is 0. The molecule has 0 bridgehead atoms. The Balaban J connectivity index is 5.25. The van der Waals surface area contributed by atoms with Crippen LogP contribution in [0.3, 0.4) is 0 Å². The minimum absolute atomic E-state index is 0.125. The van der Waals surface area contributed by atoms with Crippen LogP contribution in [0, 0.1) is 0 Å². The van der Waals surface area contributed by atoms with Gasteiger partial charge in [0.2, 0.25) is 23.6 Å². The fourth-order valence-electron chi connectivity index (χ4n) is 2.39. The van der Waals surface area contributed by atoms with E-state index in [2.05, 4.69) is 10.6 Å². The van der Waals surface area contributed by atoms with Gasteiger partial charge >= 0.3 is 5.97 Å². The highest BCUT2D eigenvalue weighted by Gasteiger charge is 2.31. The number of unbranched alkanes of at least 4 members (excludes halogenated alkanes) is 1. The molecule has 0 aromatic heterocycles. The molecule has 0 spiro atoms. The summed E-state index contributed by atoms with van der Waals surface area (Å²) in [4.78, 5) is 59.0. The van der Waals surface area contributed by atoms with Crippen LogP contribution in [0.15, 0.2) is 0 Å². The Kier molecular flexibility index (Phi) is 12.9. The molecule has 0 aliphatic heterocycles. The molecule has 0 heterocycles. The largest absolute Gasteiger partial charge is 0.480 e. The van der Waals surface area contributed by atoms with Crippen LogP contribution in [0.4, 0.5) is 0 Å². The quantitative estimate of drug-likeness (QED) is 0.108. The van der Waals surface area contributed by atoms with E-state index in [4.69, 9.17) is 22.3 Å². The van der Waals surface area contributed by atoms with E-state index in [9.17, 15) is 34.2 Å². The Morgan fingerprint density at radius 3 is 1.87 bits per heavy atom. The summed E-state index contributed by atoms with van der Waals surface area (Å²) in [5, 5.41) is 34.5. The third-order valence-electron chi connectivity index (χ3n) is 4.24. The molecule has 178 valence electrons. The van der Waals surface area contributed by atoms with Gasteiger partial charge in [-0.2, -0.15) is 0 Å². The number of primary amides is 1. The van der Waals surface area contributed by atoms with E-state index in [1.54, 1.807) is 0 Å². The molecule has 5 atom stereocenters. The van der Waals surface area contributed by atoms with E-state index in [1.165, 1.54) is 6.92 Å². The van der Waals surface area contributed by atoms with Gasteiger partial charge in [-0.05, 0) is 32.7 Å². The lowest BCUT2D eigenvalue weighted by Gasteiger charge is -2.24. The Morgan fingerprint density at radius 2 is 1.42 bits per heavy atom. The van der Waals surface area contributed by atoms with Crippen LogP contribution >= 0.6 is 0 Å². The molecule has 14 heteroatoms. The highest BCUT2D eigenvalue weighted by molar-refractivity contribution is 5.95. The first-order chi connectivity index (χ1) is 14.4. The zero-order valence-electron chi connectivity index (χ0n) is 17.2. The summed E-state index contributed by atoms with van der Waals surface area (Å²) in [5.74, 6) is -5.24. The Labute approximate surface area is 178 Å². The second-order valence-corrected chi connectivity index (χ2v) is 6.93. The number of carboxylic acids is 1. The predicted molar refractivity (Wildman–Crippen MR) is 107 cm³/mol. The van der Waals surface area contributed by atoms with Crippen LogP contribution in [0.25, 0.3) is 0 Å². The minimum atomic E-state index is -1.65. The summed E-state index contributed by atoms with van der Waals surface area (Å²) in [6, 6.07) is -5.68. The fraction of sp³-hybridized carbons (Fsp3) is 0.706. The SMILES string of the molecule is CC(O)C(N)C(=O)NC(CCCCN)C(=O)NC(CO)C(=O)NC(CC(N)=O)C(=O)O. The number of amides is 4. The van der Waals surface area contributed by atoms with Gasteiger partial charge in [0.05, 0.1) is 19.1 Å². The Hall–Kier alpha value is -2.81. The van der Waals surface area contributed by atoms with Crippen LogP contribution in [0.1, 0.15) is 32.6 Å². The smallest absolute Gasteiger partial charge is 0.326 e. The molecule has 0 saturated carbocycles. The zero-order chi connectivity index (χ0) is 24.1. The molecule has 0 rings (SSSR count). The Bertz CT molecular complexity index is 644. The van der Waals surface area contributed by atoms with Crippen molar-refractivity contribution in [3.63, 3.8) is 0 Å². The van der Waals surface area contributed by atoms with E-state index in [0.29, 0.717) is 19.4 Å². The van der Waals surface area contributed by atoms with Crippen molar-refractivity contribution in [2.75, 3.05) is 13.2 Å². The number of rotatable bonds is 15. The lowest BCUT2D eigenvalue weighted by molar-refractivity contribution is -0.144. The van der Waals surface area contributed by atoms with Gasteiger partial charge in [0.15, 0.2) is 0 Å². The second-order valence-electron chi connectivity index (χ2n) is 6.93. The number of aliphatic carboxylic acids is 1. The molecule has 0 aromatic rings. The standard InChI is InChI=1S/C17H32N6O8/c1-8(25)13(20)16(29)21-9(4-2-3-5-18)14(27)23-11(7-24)15(28)22-10(17(30)31)6-12(19)26/h8-11,13,24-25H,2-7,18,20H2,1H3,(H2,19,26)(H,21,29)(H,22,28)(H,23,27)(H,30,31). The lowest BCUT2D eigenvalue weighted by Crippen LogP contribution is -2.59. The molecule has 4 amide bonds. The normalized spacial score (nSPS) is 15.6. The highest BCUT2D eigenvalue weighted by Crippen LogP contribution is 2.03. The van der Waals surface area contributed by atoms with Crippen molar-refractivity contribution in [3.8, 4) is 0 Å². The van der Waals surface area contributed by atoms with Crippen LogP contribution in [0.5, 0.6) is 0 Å². The lowest BCUT2D eigenvalue weighted by atomic mass is 10.1. The van der Waals surface area contributed by atoms with E-state index in [1.807, 2.05) is 5.32 Å². The van der Waals surface area contributed by atoms with Crippen LogP contribution in [-0.2, 0) is 24.0 Å². The van der Waals surface area contributed by atoms with Gasteiger partial charge in [-0.3, -0.25) is 19.2 Å². The molecule has 5 unspecified atom stereocenters. The maximum Gasteiger partial charge on any atom is 0.326 e. The molecular weight excluding hydrogens is 416 g/mol. The summed E-state index contributed by atoms with van der Waals surface area (Å²) in [6.45, 7) is 0.746. The van der Waals surface area contributed by atoms with Gasteiger partial charge in [0.1, 0.15) is 24.2 Å². The van der Waals surface area contributed by atoms with E-state index < -0.39 is 72.9 Å².